The van der Waals surface area contributed by atoms with E-state index in [1.165, 1.54) is 0 Å². The number of nitrogens with one attached hydrogen (secondary N) is 2. The third-order valence-corrected chi connectivity index (χ3v) is 3.49. The number of carbonyl (C=O) groups is 1. The maximum atomic E-state index is 11.8. The largest absolute Gasteiger partial charge is 0.333 e. The number of nitrogens with zero attached hydrogens (tertiary/aromatic N) is 1. The smallest absolute Gasteiger partial charge is 0.319 e. The molecule has 0 aliphatic rings. The van der Waals surface area contributed by atoms with Gasteiger partial charge in [0.25, 0.3) is 0 Å². The SMILES string of the molecule is Cc1ccc(C#N)cc1NC(=O)NCc1cccs1. The van der Waals surface area contributed by atoms with Crippen molar-refractivity contribution in [3.63, 3.8) is 0 Å². The molecule has 1 aromatic heterocycles. The van der Waals surface area contributed by atoms with Gasteiger partial charge in [-0.3, -0.25) is 0 Å². The molecule has 2 N–H and O–H groups in total. The van der Waals surface area contributed by atoms with Crippen LogP contribution in [-0.4, -0.2) is 6.03 Å². The number of carbonyl (C=O) groups excluding carboxylic acids is 1. The van der Waals surface area contributed by atoms with E-state index in [2.05, 4.69) is 16.7 Å². The van der Waals surface area contributed by atoms with Gasteiger partial charge < -0.3 is 10.6 Å². The van der Waals surface area contributed by atoms with Crippen molar-refractivity contribution in [1.29, 1.82) is 5.26 Å². The number of amides is 2. The second-order valence-corrected chi connectivity index (χ2v) is 5.06. The summed E-state index contributed by atoms with van der Waals surface area (Å²) in [4.78, 5) is 12.9. The van der Waals surface area contributed by atoms with E-state index >= 15 is 0 Å². The number of urea groups is 1. The van der Waals surface area contributed by atoms with Crippen LogP contribution in [0.15, 0.2) is 35.7 Å². The third-order valence-electron chi connectivity index (χ3n) is 2.62. The van der Waals surface area contributed by atoms with Gasteiger partial charge in [0.05, 0.1) is 18.2 Å². The molecule has 19 heavy (non-hydrogen) atoms. The molecule has 1 aromatic carbocycles. The van der Waals surface area contributed by atoms with E-state index in [1.807, 2.05) is 30.5 Å². The predicted octanol–water partition coefficient (Wildman–Crippen LogP) is 3.25. The molecule has 0 bridgehead atoms. The molecule has 1 heterocycles. The Morgan fingerprint density at radius 1 is 1.42 bits per heavy atom. The van der Waals surface area contributed by atoms with E-state index in [0.29, 0.717) is 17.8 Å². The lowest BCUT2D eigenvalue weighted by Gasteiger charge is -2.09. The first-order valence-electron chi connectivity index (χ1n) is 5.77. The Bertz CT molecular complexity index is 614. The van der Waals surface area contributed by atoms with Crippen molar-refractivity contribution in [3.05, 3.63) is 51.7 Å². The molecule has 96 valence electrons. The molecule has 0 fully saturated rings. The first-order valence-corrected chi connectivity index (χ1v) is 6.65. The molecule has 2 aromatic rings. The maximum absolute atomic E-state index is 11.8. The standard InChI is InChI=1S/C14H13N3OS/c1-10-4-5-11(8-15)7-13(10)17-14(18)16-9-12-3-2-6-19-12/h2-7H,9H2,1H3,(H2,16,17,18). The molecule has 0 unspecified atom stereocenters. The molecule has 0 saturated heterocycles. The Kier molecular flexibility index (Phi) is 4.16. The number of hydrogen-bond donors (Lipinski definition) is 2. The van der Waals surface area contributed by atoms with Gasteiger partial charge in [-0.25, -0.2) is 4.79 Å². The highest BCUT2D eigenvalue weighted by molar-refractivity contribution is 7.09. The molecule has 0 atom stereocenters. The normalized spacial score (nSPS) is 9.68. The topological polar surface area (TPSA) is 64.9 Å². The number of hydrogen-bond acceptors (Lipinski definition) is 3. The van der Waals surface area contributed by atoms with Crippen LogP contribution >= 0.6 is 11.3 Å². The van der Waals surface area contributed by atoms with Crippen molar-refractivity contribution in [2.75, 3.05) is 5.32 Å². The highest BCUT2D eigenvalue weighted by Crippen LogP contribution is 2.16. The molecule has 0 radical (unpaired) electrons. The van der Waals surface area contributed by atoms with E-state index in [4.69, 9.17) is 5.26 Å². The fourth-order valence-corrected chi connectivity index (χ4v) is 2.22. The zero-order chi connectivity index (χ0) is 13.7. The van der Waals surface area contributed by atoms with Gasteiger partial charge in [0.2, 0.25) is 0 Å². The number of thiophene rings is 1. The van der Waals surface area contributed by atoms with Gasteiger partial charge in [0, 0.05) is 10.6 Å². The van der Waals surface area contributed by atoms with Gasteiger partial charge in [-0.05, 0) is 36.1 Å². The predicted molar refractivity (Wildman–Crippen MR) is 76.1 cm³/mol. The van der Waals surface area contributed by atoms with E-state index in [1.54, 1.807) is 23.5 Å². The summed E-state index contributed by atoms with van der Waals surface area (Å²) in [7, 11) is 0. The fraction of sp³-hybridized carbons (Fsp3) is 0.143. The fourth-order valence-electron chi connectivity index (χ4n) is 1.57. The minimum absolute atomic E-state index is 0.272. The Hall–Kier alpha value is -2.32. The van der Waals surface area contributed by atoms with Crippen LogP contribution in [0.2, 0.25) is 0 Å². The van der Waals surface area contributed by atoms with Crippen molar-refractivity contribution in [2.24, 2.45) is 0 Å². The Balaban J connectivity index is 1.97. The first-order chi connectivity index (χ1) is 9.19. The highest BCUT2D eigenvalue weighted by Gasteiger charge is 2.05. The second kappa shape index (κ2) is 6.03. The lowest BCUT2D eigenvalue weighted by atomic mass is 10.1. The second-order valence-electron chi connectivity index (χ2n) is 4.03. The number of benzene rings is 1. The van der Waals surface area contributed by atoms with E-state index in [9.17, 15) is 4.79 Å². The van der Waals surface area contributed by atoms with Crippen LogP contribution in [-0.2, 0) is 6.54 Å². The van der Waals surface area contributed by atoms with Crippen molar-refractivity contribution in [3.8, 4) is 6.07 Å². The summed E-state index contributed by atoms with van der Waals surface area (Å²) < 4.78 is 0. The molecular weight excluding hydrogens is 258 g/mol. The van der Waals surface area contributed by atoms with Gasteiger partial charge in [-0.1, -0.05) is 12.1 Å². The summed E-state index contributed by atoms with van der Waals surface area (Å²) in [5, 5.41) is 16.3. The third kappa shape index (κ3) is 3.57. The molecule has 0 spiro atoms. The van der Waals surface area contributed by atoms with Crippen LogP contribution < -0.4 is 10.6 Å². The lowest BCUT2D eigenvalue weighted by Crippen LogP contribution is -2.28. The summed E-state index contributed by atoms with van der Waals surface area (Å²) in [6.45, 7) is 2.39. The maximum Gasteiger partial charge on any atom is 0.319 e. The summed E-state index contributed by atoms with van der Waals surface area (Å²) >= 11 is 1.59. The zero-order valence-corrected chi connectivity index (χ0v) is 11.3. The van der Waals surface area contributed by atoms with Crippen molar-refractivity contribution < 1.29 is 4.79 Å². The quantitative estimate of drug-likeness (QED) is 0.900. The average Bonchev–Trinajstić information content (AvgIpc) is 2.92. The Morgan fingerprint density at radius 2 is 2.26 bits per heavy atom. The van der Waals surface area contributed by atoms with Gasteiger partial charge in [-0.2, -0.15) is 5.26 Å². The Labute approximate surface area is 115 Å². The number of aryl methyl sites for hydroxylation is 1. The van der Waals surface area contributed by atoms with E-state index in [-0.39, 0.29) is 6.03 Å². The number of nitriles is 1. The minimum Gasteiger partial charge on any atom is -0.333 e. The monoisotopic (exact) mass is 271 g/mol. The van der Waals surface area contributed by atoms with Crippen molar-refractivity contribution in [1.82, 2.24) is 5.32 Å². The molecule has 5 heteroatoms. The van der Waals surface area contributed by atoms with Gasteiger partial charge in [0.15, 0.2) is 0 Å². The highest BCUT2D eigenvalue weighted by atomic mass is 32.1. The van der Waals surface area contributed by atoms with Crippen molar-refractivity contribution >= 4 is 23.1 Å². The number of anilines is 1. The molecule has 0 aliphatic heterocycles. The summed E-state index contributed by atoms with van der Waals surface area (Å²) in [5.74, 6) is 0. The molecule has 0 saturated carbocycles. The molecule has 0 aliphatic carbocycles. The zero-order valence-electron chi connectivity index (χ0n) is 10.4. The minimum atomic E-state index is -0.272. The van der Waals surface area contributed by atoms with Gasteiger partial charge in [0.1, 0.15) is 0 Å². The van der Waals surface area contributed by atoms with E-state index in [0.717, 1.165) is 10.4 Å². The van der Waals surface area contributed by atoms with Crippen LogP contribution in [0.1, 0.15) is 16.0 Å². The van der Waals surface area contributed by atoms with Crippen LogP contribution in [0.3, 0.4) is 0 Å². The average molecular weight is 271 g/mol. The summed E-state index contributed by atoms with van der Waals surface area (Å²) in [6.07, 6.45) is 0. The number of rotatable bonds is 3. The van der Waals surface area contributed by atoms with E-state index < -0.39 is 0 Å². The van der Waals surface area contributed by atoms with Crippen molar-refractivity contribution in [2.45, 2.75) is 13.5 Å². The van der Waals surface area contributed by atoms with Crippen LogP contribution in [0.25, 0.3) is 0 Å². The summed E-state index contributed by atoms with van der Waals surface area (Å²) in [5.41, 5.74) is 2.10. The van der Waals surface area contributed by atoms with Crippen LogP contribution in [0, 0.1) is 18.3 Å². The molecule has 4 nitrogen and oxygen atoms in total. The summed E-state index contributed by atoms with van der Waals surface area (Å²) in [6, 6.07) is 10.9. The van der Waals surface area contributed by atoms with Crippen LogP contribution in [0.5, 0.6) is 0 Å². The van der Waals surface area contributed by atoms with Gasteiger partial charge in [-0.15, -0.1) is 11.3 Å². The lowest BCUT2D eigenvalue weighted by molar-refractivity contribution is 0.252. The molecule has 2 amide bonds. The van der Waals surface area contributed by atoms with Crippen LogP contribution in [0.4, 0.5) is 10.5 Å². The molecular formula is C14H13N3OS. The molecule has 2 rings (SSSR count). The van der Waals surface area contributed by atoms with Gasteiger partial charge >= 0.3 is 6.03 Å². The Morgan fingerprint density at radius 3 is 2.95 bits per heavy atom. The first kappa shape index (κ1) is 13.1.